The number of rotatable bonds is 6. The maximum absolute atomic E-state index is 12.9. The van der Waals surface area contributed by atoms with E-state index >= 15 is 0 Å². The van der Waals surface area contributed by atoms with Gasteiger partial charge in [-0.25, -0.2) is 9.78 Å². The molecule has 0 unspecified atom stereocenters. The fourth-order valence-corrected chi connectivity index (χ4v) is 4.83. The molecule has 0 atom stereocenters. The van der Waals surface area contributed by atoms with Gasteiger partial charge in [0.25, 0.3) is 5.91 Å². The summed E-state index contributed by atoms with van der Waals surface area (Å²) in [5, 5.41) is 5.71. The van der Waals surface area contributed by atoms with E-state index in [4.69, 9.17) is 0 Å². The van der Waals surface area contributed by atoms with E-state index < -0.39 is 11.6 Å². The van der Waals surface area contributed by atoms with Crippen LogP contribution in [0.2, 0.25) is 0 Å². The van der Waals surface area contributed by atoms with Crippen LogP contribution < -0.4 is 15.5 Å². The second kappa shape index (κ2) is 8.62. The summed E-state index contributed by atoms with van der Waals surface area (Å²) >= 11 is 0. The standard InChI is InChI=1S/C22H31N5O3/c1-2-16-5-8-22(9-6-16)20(29)27(21(30)25-22)15-19(28)24-14-17-7-10-23-18(13-17)26-11-3-4-12-26/h7,10,13,16H,2-6,8-9,11-12,14-15H2,1H3,(H,24,28)(H,25,30). The van der Waals surface area contributed by atoms with Gasteiger partial charge in [-0.2, -0.15) is 0 Å². The first-order valence-corrected chi connectivity index (χ1v) is 11.1. The number of hydrogen-bond donors (Lipinski definition) is 2. The molecule has 1 saturated carbocycles. The molecule has 1 aromatic rings. The topological polar surface area (TPSA) is 94.6 Å². The normalized spacial score (nSPS) is 26.4. The maximum Gasteiger partial charge on any atom is 0.325 e. The molecule has 4 rings (SSSR count). The van der Waals surface area contributed by atoms with Crippen LogP contribution in [0.15, 0.2) is 18.3 Å². The highest BCUT2D eigenvalue weighted by atomic mass is 16.2. The van der Waals surface area contributed by atoms with Crippen LogP contribution in [0.3, 0.4) is 0 Å². The Balaban J connectivity index is 1.31. The third kappa shape index (κ3) is 4.13. The summed E-state index contributed by atoms with van der Waals surface area (Å²) in [4.78, 5) is 45.5. The summed E-state index contributed by atoms with van der Waals surface area (Å²) in [6.07, 6.45) is 8.38. The summed E-state index contributed by atoms with van der Waals surface area (Å²) in [5.74, 6) is 0.955. The molecule has 30 heavy (non-hydrogen) atoms. The van der Waals surface area contributed by atoms with E-state index in [-0.39, 0.29) is 18.4 Å². The first kappa shape index (κ1) is 20.6. The Morgan fingerprint density at radius 2 is 2.00 bits per heavy atom. The summed E-state index contributed by atoms with van der Waals surface area (Å²) < 4.78 is 0. The molecule has 0 radical (unpaired) electrons. The largest absolute Gasteiger partial charge is 0.357 e. The fourth-order valence-electron chi connectivity index (χ4n) is 4.83. The molecular formula is C22H31N5O3. The number of carbonyl (C=O) groups is 3. The van der Waals surface area contributed by atoms with Crippen LogP contribution in [0.5, 0.6) is 0 Å². The monoisotopic (exact) mass is 413 g/mol. The molecule has 1 aromatic heterocycles. The Morgan fingerprint density at radius 3 is 2.70 bits per heavy atom. The van der Waals surface area contributed by atoms with E-state index in [0.717, 1.165) is 48.6 Å². The highest BCUT2D eigenvalue weighted by Gasteiger charge is 2.52. The lowest BCUT2D eigenvalue weighted by atomic mass is 9.75. The molecule has 2 N–H and O–H groups in total. The number of hydrogen-bond acceptors (Lipinski definition) is 5. The number of pyridine rings is 1. The Bertz CT molecular complexity index is 813. The van der Waals surface area contributed by atoms with Crippen molar-refractivity contribution in [2.75, 3.05) is 24.5 Å². The molecular weight excluding hydrogens is 382 g/mol. The quantitative estimate of drug-likeness (QED) is 0.697. The molecule has 8 nitrogen and oxygen atoms in total. The van der Waals surface area contributed by atoms with Gasteiger partial charge in [-0.05, 0) is 62.1 Å². The fraction of sp³-hybridized carbons (Fsp3) is 0.636. The maximum atomic E-state index is 12.9. The second-order valence-electron chi connectivity index (χ2n) is 8.75. The van der Waals surface area contributed by atoms with Crippen molar-refractivity contribution >= 4 is 23.7 Å². The van der Waals surface area contributed by atoms with Gasteiger partial charge in [0.2, 0.25) is 5.91 Å². The Kier molecular flexibility index (Phi) is 5.92. The van der Waals surface area contributed by atoms with Crippen LogP contribution in [0, 0.1) is 5.92 Å². The predicted octanol–water partition coefficient (Wildman–Crippen LogP) is 2.19. The Morgan fingerprint density at radius 1 is 1.27 bits per heavy atom. The van der Waals surface area contributed by atoms with Gasteiger partial charge in [-0.1, -0.05) is 13.3 Å². The summed E-state index contributed by atoms with van der Waals surface area (Å²) in [6.45, 7) is 4.28. The number of imide groups is 1. The SMILES string of the molecule is CCC1CCC2(CC1)NC(=O)N(CC(=O)NCc1ccnc(N3CCCC3)c1)C2=O. The molecule has 0 aromatic carbocycles. The van der Waals surface area contributed by atoms with Crippen molar-refractivity contribution in [1.29, 1.82) is 0 Å². The van der Waals surface area contributed by atoms with Crippen LogP contribution >= 0.6 is 0 Å². The molecule has 3 fully saturated rings. The molecule has 0 bridgehead atoms. The van der Waals surface area contributed by atoms with E-state index in [1.807, 2.05) is 12.1 Å². The van der Waals surface area contributed by atoms with Gasteiger partial charge >= 0.3 is 6.03 Å². The number of amides is 4. The number of urea groups is 1. The summed E-state index contributed by atoms with van der Waals surface area (Å²) in [7, 11) is 0. The van der Waals surface area contributed by atoms with Gasteiger partial charge in [0, 0.05) is 25.8 Å². The van der Waals surface area contributed by atoms with E-state index in [0.29, 0.717) is 25.3 Å². The molecule has 162 valence electrons. The first-order chi connectivity index (χ1) is 14.5. The Hall–Kier alpha value is -2.64. The van der Waals surface area contributed by atoms with E-state index in [1.54, 1.807) is 6.20 Å². The van der Waals surface area contributed by atoms with Crippen molar-refractivity contribution in [3.63, 3.8) is 0 Å². The highest BCUT2D eigenvalue weighted by molar-refractivity contribution is 6.09. The highest BCUT2D eigenvalue weighted by Crippen LogP contribution is 2.37. The zero-order valence-corrected chi connectivity index (χ0v) is 17.7. The molecule has 1 spiro atoms. The number of nitrogens with one attached hydrogen (secondary N) is 2. The number of anilines is 1. The number of nitrogens with zero attached hydrogens (tertiary/aromatic N) is 3. The summed E-state index contributed by atoms with van der Waals surface area (Å²) in [5.41, 5.74) is 0.144. The third-order valence-corrected chi connectivity index (χ3v) is 6.81. The van der Waals surface area contributed by atoms with Crippen LogP contribution in [0.1, 0.15) is 57.4 Å². The minimum atomic E-state index is -0.807. The second-order valence-corrected chi connectivity index (χ2v) is 8.75. The van der Waals surface area contributed by atoms with E-state index in [2.05, 4.69) is 27.4 Å². The van der Waals surface area contributed by atoms with Crippen LogP contribution in [-0.2, 0) is 16.1 Å². The molecule has 3 aliphatic rings. The van der Waals surface area contributed by atoms with Crippen molar-refractivity contribution in [1.82, 2.24) is 20.5 Å². The van der Waals surface area contributed by atoms with Gasteiger partial charge in [-0.3, -0.25) is 14.5 Å². The number of carbonyl (C=O) groups excluding carboxylic acids is 3. The van der Waals surface area contributed by atoms with E-state index in [1.165, 1.54) is 12.8 Å². The molecule has 8 heteroatoms. The Labute approximate surface area is 177 Å². The van der Waals surface area contributed by atoms with Crippen LogP contribution in [-0.4, -0.2) is 52.9 Å². The average molecular weight is 414 g/mol. The van der Waals surface area contributed by atoms with Crippen molar-refractivity contribution in [3.8, 4) is 0 Å². The lowest BCUT2D eigenvalue weighted by Gasteiger charge is -2.34. The zero-order chi connectivity index (χ0) is 21.1. The van der Waals surface area contributed by atoms with Crippen LogP contribution in [0.4, 0.5) is 10.6 Å². The van der Waals surface area contributed by atoms with Crippen molar-refractivity contribution in [3.05, 3.63) is 23.9 Å². The molecule has 2 aliphatic heterocycles. The van der Waals surface area contributed by atoms with Crippen molar-refractivity contribution in [2.45, 2.75) is 64.0 Å². The average Bonchev–Trinajstić information content (AvgIpc) is 3.37. The first-order valence-electron chi connectivity index (χ1n) is 11.1. The lowest BCUT2D eigenvalue weighted by Crippen LogP contribution is -2.50. The lowest BCUT2D eigenvalue weighted by molar-refractivity contribution is -0.136. The van der Waals surface area contributed by atoms with Crippen molar-refractivity contribution < 1.29 is 14.4 Å². The van der Waals surface area contributed by atoms with Gasteiger partial charge in [0.1, 0.15) is 17.9 Å². The van der Waals surface area contributed by atoms with Gasteiger partial charge < -0.3 is 15.5 Å². The molecule has 2 saturated heterocycles. The third-order valence-electron chi connectivity index (χ3n) is 6.81. The minimum Gasteiger partial charge on any atom is -0.357 e. The van der Waals surface area contributed by atoms with Crippen molar-refractivity contribution in [2.24, 2.45) is 5.92 Å². The zero-order valence-electron chi connectivity index (χ0n) is 17.7. The molecule has 3 heterocycles. The molecule has 1 aliphatic carbocycles. The molecule has 4 amide bonds. The van der Waals surface area contributed by atoms with Gasteiger partial charge in [-0.15, -0.1) is 0 Å². The van der Waals surface area contributed by atoms with Gasteiger partial charge in [0.15, 0.2) is 0 Å². The predicted molar refractivity (Wildman–Crippen MR) is 113 cm³/mol. The summed E-state index contributed by atoms with van der Waals surface area (Å²) in [6, 6.07) is 3.40. The van der Waals surface area contributed by atoms with E-state index in [9.17, 15) is 14.4 Å². The number of aromatic nitrogens is 1. The minimum absolute atomic E-state index is 0.242. The van der Waals surface area contributed by atoms with Gasteiger partial charge in [0.05, 0.1) is 0 Å². The smallest absolute Gasteiger partial charge is 0.325 e. The van der Waals surface area contributed by atoms with Crippen LogP contribution in [0.25, 0.3) is 0 Å².